The summed E-state index contributed by atoms with van der Waals surface area (Å²) >= 11 is 0. The van der Waals surface area contributed by atoms with E-state index in [2.05, 4.69) is 22.3 Å². The summed E-state index contributed by atoms with van der Waals surface area (Å²) in [5.74, 6) is 5.55. The zero-order valence-corrected chi connectivity index (χ0v) is 11.5. The molecule has 1 heterocycles. The van der Waals surface area contributed by atoms with Gasteiger partial charge in [-0.25, -0.2) is 0 Å². The molecule has 0 bridgehead atoms. The van der Waals surface area contributed by atoms with Crippen LogP contribution in [0.1, 0.15) is 21.5 Å². The monoisotopic (exact) mass is 268 g/mol. The van der Waals surface area contributed by atoms with Crippen molar-refractivity contribution in [1.82, 2.24) is 9.78 Å². The average molecular weight is 268 g/mol. The predicted molar refractivity (Wildman–Crippen MR) is 78.3 cm³/mol. The Morgan fingerprint density at radius 3 is 2.95 bits per heavy atom. The van der Waals surface area contributed by atoms with Crippen LogP contribution in [0.15, 0.2) is 30.6 Å². The lowest BCUT2D eigenvalue weighted by Gasteiger charge is -2.07. The number of aryl methyl sites for hydroxylation is 2. The van der Waals surface area contributed by atoms with E-state index in [1.807, 2.05) is 25.1 Å². The van der Waals surface area contributed by atoms with Gasteiger partial charge >= 0.3 is 0 Å². The summed E-state index contributed by atoms with van der Waals surface area (Å²) < 4.78 is 1.59. The van der Waals surface area contributed by atoms with Gasteiger partial charge in [0.15, 0.2) is 0 Å². The largest absolute Gasteiger partial charge is 0.322 e. The maximum absolute atomic E-state index is 12.1. The molecule has 5 heteroatoms. The van der Waals surface area contributed by atoms with Crippen LogP contribution in [0.25, 0.3) is 0 Å². The van der Waals surface area contributed by atoms with E-state index in [9.17, 15) is 4.79 Å². The predicted octanol–water partition coefficient (Wildman–Crippen LogP) is 1.29. The van der Waals surface area contributed by atoms with Gasteiger partial charge in [0.05, 0.1) is 18.3 Å². The summed E-state index contributed by atoms with van der Waals surface area (Å²) in [6.45, 7) is 2.24. The molecule has 0 spiro atoms. The van der Waals surface area contributed by atoms with Gasteiger partial charge in [-0.15, -0.1) is 0 Å². The van der Waals surface area contributed by atoms with Crippen molar-refractivity contribution in [3.63, 3.8) is 0 Å². The lowest BCUT2D eigenvalue weighted by molar-refractivity contribution is 0.102. The summed E-state index contributed by atoms with van der Waals surface area (Å²) in [6, 6.07) is 5.66. The first kappa shape index (κ1) is 13.8. The number of amides is 1. The third kappa shape index (κ3) is 3.25. The first-order valence-electron chi connectivity index (χ1n) is 6.19. The van der Waals surface area contributed by atoms with E-state index < -0.39 is 0 Å². The Bertz CT molecular complexity index is 691. The number of benzene rings is 1. The zero-order chi connectivity index (χ0) is 14.5. The van der Waals surface area contributed by atoms with Crippen molar-refractivity contribution in [1.29, 1.82) is 0 Å². The van der Waals surface area contributed by atoms with E-state index in [1.54, 1.807) is 17.9 Å². The maximum Gasteiger partial charge on any atom is 0.258 e. The second-order valence-corrected chi connectivity index (χ2v) is 4.39. The van der Waals surface area contributed by atoms with E-state index in [1.165, 1.54) is 6.20 Å². The molecule has 0 aliphatic carbocycles. The van der Waals surface area contributed by atoms with E-state index in [0.717, 1.165) is 16.8 Å². The highest BCUT2D eigenvalue weighted by atomic mass is 16.1. The lowest BCUT2D eigenvalue weighted by Crippen LogP contribution is -2.12. The third-order valence-electron chi connectivity index (χ3n) is 2.79. The van der Waals surface area contributed by atoms with Gasteiger partial charge in [-0.2, -0.15) is 5.10 Å². The number of nitrogens with one attached hydrogen (secondary N) is 1. The van der Waals surface area contributed by atoms with Crippen molar-refractivity contribution >= 4 is 11.6 Å². The number of hydrogen-bond donors (Lipinski definition) is 2. The number of nitrogens with two attached hydrogens (primary N) is 1. The number of anilines is 1. The molecule has 0 saturated carbocycles. The number of hydrogen-bond acceptors (Lipinski definition) is 3. The van der Waals surface area contributed by atoms with Crippen LogP contribution in [0, 0.1) is 18.8 Å². The van der Waals surface area contributed by atoms with Crippen LogP contribution < -0.4 is 11.1 Å². The van der Waals surface area contributed by atoms with E-state index >= 15 is 0 Å². The van der Waals surface area contributed by atoms with Crippen molar-refractivity contribution in [2.75, 3.05) is 11.9 Å². The highest BCUT2D eigenvalue weighted by Crippen LogP contribution is 2.17. The summed E-state index contributed by atoms with van der Waals surface area (Å²) in [5.41, 5.74) is 8.40. The zero-order valence-electron chi connectivity index (χ0n) is 11.5. The fourth-order valence-corrected chi connectivity index (χ4v) is 1.72. The molecule has 2 aromatic rings. The standard InChI is InChI=1S/C15H16N4O/c1-11-5-6-12(4-3-7-16)8-14(11)18-15(20)13-9-17-19(2)10-13/h5-6,8-10H,7,16H2,1-2H3,(H,18,20). The fourth-order valence-electron chi connectivity index (χ4n) is 1.72. The number of rotatable bonds is 2. The van der Waals surface area contributed by atoms with Gasteiger partial charge in [-0.05, 0) is 24.6 Å². The Hall–Kier alpha value is -2.58. The van der Waals surface area contributed by atoms with Gasteiger partial charge in [0.2, 0.25) is 0 Å². The molecule has 2 rings (SSSR count). The first-order chi connectivity index (χ1) is 9.60. The maximum atomic E-state index is 12.1. The summed E-state index contributed by atoms with van der Waals surface area (Å²) in [7, 11) is 1.77. The average Bonchev–Trinajstić information content (AvgIpc) is 2.86. The minimum atomic E-state index is -0.190. The van der Waals surface area contributed by atoms with Crippen LogP contribution in [0.2, 0.25) is 0 Å². The van der Waals surface area contributed by atoms with Crippen molar-refractivity contribution in [2.24, 2.45) is 12.8 Å². The van der Waals surface area contributed by atoms with Crippen LogP contribution in [-0.4, -0.2) is 22.2 Å². The van der Waals surface area contributed by atoms with Gasteiger partial charge in [0.25, 0.3) is 5.91 Å². The quantitative estimate of drug-likeness (QED) is 0.806. The molecule has 0 fully saturated rings. The SMILES string of the molecule is Cc1ccc(C#CCN)cc1NC(=O)c1cnn(C)c1. The second-order valence-electron chi connectivity index (χ2n) is 4.39. The normalized spacial score (nSPS) is 9.75. The highest BCUT2D eigenvalue weighted by Gasteiger charge is 2.09. The Balaban J connectivity index is 2.22. The van der Waals surface area contributed by atoms with Gasteiger partial charge in [-0.1, -0.05) is 17.9 Å². The Morgan fingerprint density at radius 2 is 2.30 bits per heavy atom. The van der Waals surface area contributed by atoms with Crippen LogP contribution >= 0.6 is 0 Å². The van der Waals surface area contributed by atoms with E-state index in [-0.39, 0.29) is 5.91 Å². The second kappa shape index (κ2) is 6.04. The molecule has 3 N–H and O–H groups in total. The Kier molecular flexibility index (Phi) is 4.18. The Morgan fingerprint density at radius 1 is 1.50 bits per heavy atom. The van der Waals surface area contributed by atoms with Gasteiger partial charge in [-0.3, -0.25) is 9.48 Å². The molecular weight excluding hydrogens is 252 g/mol. The molecule has 102 valence electrons. The van der Waals surface area contributed by atoms with Gasteiger partial charge in [0, 0.05) is 24.5 Å². The molecule has 0 unspecified atom stereocenters. The lowest BCUT2D eigenvalue weighted by atomic mass is 10.1. The molecule has 1 amide bonds. The van der Waals surface area contributed by atoms with Crippen LogP contribution in [0.3, 0.4) is 0 Å². The molecule has 1 aromatic carbocycles. The molecule has 0 saturated heterocycles. The smallest absolute Gasteiger partial charge is 0.258 e. The first-order valence-corrected chi connectivity index (χ1v) is 6.19. The number of carbonyl (C=O) groups is 1. The van der Waals surface area contributed by atoms with Crippen molar-refractivity contribution < 1.29 is 4.79 Å². The van der Waals surface area contributed by atoms with Gasteiger partial charge < -0.3 is 11.1 Å². The molecule has 0 atom stereocenters. The Labute approximate surface area is 117 Å². The summed E-state index contributed by atoms with van der Waals surface area (Å²) in [4.78, 5) is 12.1. The van der Waals surface area contributed by atoms with Crippen molar-refractivity contribution in [3.05, 3.63) is 47.3 Å². The number of aromatic nitrogens is 2. The number of nitrogens with zero attached hydrogens (tertiary/aromatic N) is 2. The van der Waals surface area contributed by atoms with Crippen molar-refractivity contribution in [3.8, 4) is 11.8 Å². The molecule has 0 aliphatic rings. The van der Waals surface area contributed by atoms with Crippen LogP contribution in [0.4, 0.5) is 5.69 Å². The number of carbonyl (C=O) groups excluding carboxylic acids is 1. The minimum absolute atomic E-state index is 0.190. The topological polar surface area (TPSA) is 72.9 Å². The van der Waals surface area contributed by atoms with Crippen LogP contribution in [0.5, 0.6) is 0 Å². The highest BCUT2D eigenvalue weighted by molar-refractivity contribution is 6.04. The van der Waals surface area contributed by atoms with Gasteiger partial charge in [0.1, 0.15) is 0 Å². The molecule has 20 heavy (non-hydrogen) atoms. The van der Waals surface area contributed by atoms with Crippen molar-refractivity contribution in [2.45, 2.75) is 6.92 Å². The van der Waals surface area contributed by atoms with Crippen LogP contribution in [-0.2, 0) is 7.05 Å². The molecule has 5 nitrogen and oxygen atoms in total. The van der Waals surface area contributed by atoms with E-state index in [0.29, 0.717) is 12.1 Å². The molecule has 0 aliphatic heterocycles. The summed E-state index contributed by atoms with van der Waals surface area (Å²) in [6.07, 6.45) is 3.20. The minimum Gasteiger partial charge on any atom is -0.322 e. The third-order valence-corrected chi connectivity index (χ3v) is 2.79. The molecular formula is C15H16N4O. The van der Waals surface area contributed by atoms with E-state index in [4.69, 9.17) is 5.73 Å². The molecule has 1 aromatic heterocycles. The fraction of sp³-hybridized carbons (Fsp3) is 0.200. The molecule has 0 radical (unpaired) electrons. The summed E-state index contributed by atoms with van der Waals surface area (Å²) in [5, 5.41) is 6.84.